The van der Waals surface area contributed by atoms with Gasteiger partial charge in [-0.3, -0.25) is 4.79 Å². The minimum absolute atomic E-state index is 0.154. The van der Waals surface area contributed by atoms with Gasteiger partial charge in [-0.15, -0.1) is 0 Å². The van der Waals surface area contributed by atoms with Gasteiger partial charge in [-0.1, -0.05) is 31.3 Å². The molecule has 90 valence electrons. The topological polar surface area (TPSA) is 46.3 Å². The fraction of sp³-hybridized carbons (Fsp3) is 0.385. The van der Waals surface area contributed by atoms with E-state index in [1.807, 2.05) is 24.3 Å². The highest BCUT2D eigenvalue weighted by Crippen LogP contribution is 2.40. The number of anilines is 1. The fourth-order valence-corrected chi connectivity index (χ4v) is 2.18. The summed E-state index contributed by atoms with van der Waals surface area (Å²) in [6, 6.07) is 7.48. The third-order valence-electron chi connectivity index (χ3n) is 3.29. The molecule has 1 saturated carbocycles. The van der Waals surface area contributed by atoms with Crippen molar-refractivity contribution in [2.24, 2.45) is 17.6 Å². The number of carbonyl (C=O) groups is 1. The molecule has 0 bridgehead atoms. The van der Waals surface area contributed by atoms with Crippen molar-refractivity contribution in [1.29, 1.82) is 0 Å². The largest absolute Gasteiger partial charge is 0.389 e. The van der Waals surface area contributed by atoms with Gasteiger partial charge < -0.3 is 10.6 Å². The van der Waals surface area contributed by atoms with E-state index in [4.69, 9.17) is 18.0 Å². The van der Waals surface area contributed by atoms with Crippen molar-refractivity contribution in [3.05, 3.63) is 29.8 Å². The second kappa shape index (κ2) is 4.45. The zero-order valence-electron chi connectivity index (χ0n) is 10.0. The van der Waals surface area contributed by atoms with Crippen molar-refractivity contribution in [3.63, 3.8) is 0 Å². The van der Waals surface area contributed by atoms with Crippen LogP contribution in [0.4, 0.5) is 5.69 Å². The minimum atomic E-state index is 0.154. The number of hydrogen-bond acceptors (Lipinski definition) is 2. The Morgan fingerprint density at radius 3 is 2.59 bits per heavy atom. The van der Waals surface area contributed by atoms with Crippen molar-refractivity contribution in [1.82, 2.24) is 0 Å². The Hall–Kier alpha value is -1.42. The fourth-order valence-electron chi connectivity index (χ4n) is 2.01. The molecule has 2 rings (SSSR count). The van der Waals surface area contributed by atoms with Gasteiger partial charge in [0, 0.05) is 18.5 Å². The summed E-state index contributed by atoms with van der Waals surface area (Å²) in [6.45, 7) is 2.09. The first-order chi connectivity index (χ1) is 8.02. The molecule has 0 heterocycles. The first kappa shape index (κ1) is 12.0. The van der Waals surface area contributed by atoms with Gasteiger partial charge in [0.25, 0.3) is 0 Å². The van der Waals surface area contributed by atoms with Gasteiger partial charge in [0.2, 0.25) is 5.91 Å². The van der Waals surface area contributed by atoms with E-state index in [0.717, 1.165) is 17.7 Å². The smallest absolute Gasteiger partial charge is 0.230 e. The van der Waals surface area contributed by atoms with E-state index in [-0.39, 0.29) is 11.8 Å². The predicted octanol–water partition coefficient (Wildman–Crippen LogP) is 1.94. The highest BCUT2D eigenvalue weighted by Gasteiger charge is 2.41. The Kier molecular flexibility index (Phi) is 3.15. The molecule has 3 nitrogen and oxygen atoms in total. The average molecular weight is 248 g/mol. The van der Waals surface area contributed by atoms with E-state index in [9.17, 15) is 4.79 Å². The van der Waals surface area contributed by atoms with Gasteiger partial charge in [-0.25, -0.2) is 0 Å². The molecule has 1 aliphatic rings. The number of amides is 1. The number of thiocarbonyl (C=S) groups is 1. The monoisotopic (exact) mass is 248 g/mol. The summed E-state index contributed by atoms with van der Waals surface area (Å²) in [5, 5.41) is 0. The molecule has 17 heavy (non-hydrogen) atoms. The number of rotatable bonds is 3. The number of carbonyl (C=O) groups excluding carboxylic acids is 1. The van der Waals surface area contributed by atoms with Crippen LogP contribution in [0.3, 0.4) is 0 Å². The molecule has 1 fully saturated rings. The van der Waals surface area contributed by atoms with E-state index < -0.39 is 0 Å². The maximum Gasteiger partial charge on any atom is 0.230 e. The molecular weight excluding hydrogens is 232 g/mol. The Balaban J connectivity index is 2.27. The van der Waals surface area contributed by atoms with Crippen LogP contribution < -0.4 is 10.6 Å². The van der Waals surface area contributed by atoms with Gasteiger partial charge in [-0.2, -0.15) is 0 Å². The molecule has 2 N–H and O–H groups in total. The van der Waals surface area contributed by atoms with Crippen LogP contribution in [-0.2, 0) is 4.79 Å². The molecule has 0 spiro atoms. The molecular formula is C13H16N2OS. The number of nitrogens with zero attached hydrogens (tertiary/aromatic N) is 1. The SMILES string of the molecule is CC1CC1C(=O)N(C)c1ccccc1C(N)=S. The summed E-state index contributed by atoms with van der Waals surface area (Å²) < 4.78 is 0. The predicted molar refractivity (Wildman–Crippen MR) is 73.0 cm³/mol. The van der Waals surface area contributed by atoms with Crippen LogP contribution in [0, 0.1) is 11.8 Å². The van der Waals surface area contributed by atoms with Crippen molar-refractivity contribution >= 4 is 28.8 Å². The molecule has 1 aromatic carbocycles. The lowest BCUT2D eigenvalue weighted by Gasteiger charge is -2.20. The Morgan fingerprint density at radius 2 is 2.06 bits per heavy atom. The third-order valence-corrected chi connectivity index (χ3v) is 3.51. The summed E-state index contributed by atoms with van der Waals surface area (Å²) in [5.74, 6) is 0.822. The lowest BCUT2D eigenvalue weighted by molar-refractivity contribution is -0.119. The second-order valence-corrected chi connectivity index (χ2v) is 5.04. The van der Waals surface area contributed by atoms with E-state index in [0.29, 0.717) is 10.9 Å². The number of benzene rings is 1. The normalized spacial score (nSPS) is 22.0. The lowest BCUT2D eigenvalue weighted by atomic mass is 10.1. The molecule has 0 radical (unpaired) electrons. The van der Waals surface area contributed by atoms with Crippen molar-refractivity contribution < 1.29 is 4.79 Å². The molecule has 1 amide bonds. The van der Waals surface area contributed by atoms with E-state index in [1.54, 1.807) is 11.9 Å². The van der Waals surface area contributed by atoms with Gasteiger partial charge in [0.05, 0.1) is 5.69 Å². The molecule has 1 aromatic rings. The first-order valence-corrected chi connectivity index (χ1v) is 6.09. The lowest BCUT2D eigenvalue weighted by Crippen LogP contribution is -2.30. The van der Waals surface area contributed by atoms with Crippen LogP contribution >= 0.6 is 12.2 Å². The standard InChI is InChI=1S/C13H16N2OS/c1-8-7-10(8)13(16)15(2)11-6-4-3-5-9(11)12(14)17/h3-6,8,10H,7H2,1-2H3,(H2,14,17). The molecule has 2 atom stereocenters. The molecule has 4 heteroatoms. The molecule has 1 aliphatic carbocycles. The minimum Gasteiger partial charge on any atom is -0.389 e. The third kappa shape index (κ3) is 2.31. The molecule has 0 saturated heterocycles. The quantitative estimate of drug-likeness (QED) is 0.832. The van der Waals surface area contributed by atoms with Crippen molar-refractivity contribution in [2.45, 2.75) is 13.3 Å². The number of nitrogens with two attached hydrogens (primary N) is 1. The highest BCUT2D eigenvalue weighted by molar-refractivity contribution is 7.80. The van der Waals surface area contributed by atoms with Crippen LogP contribution in [0.1, 0.15) is 18.9 Å². The van der Waals surface area contributed by atoms with Gasteiger partial charge in [0.1, 0.15) is 4.99 Å². The van der Waals surface area contributed by atoms with Gasteiger partial charge >= 0.3 is 0 Å². The first-order valence-electron chi connectivity index (χ1n) is 5.68. The molecule has 2 unspecified atom stereocenters. The van der Waals surface area contributed by atoms with Crippen LogP contribution in [0.2, 0.25) is 0 Å². The number of hydrogen-bond donors (Lipinski definition) is 1. The summed E-state index contributed by atoms with van der Waals surface area (Å²) in [5.41, 5.74) is 7.22. The molecule has 0 aromatic heterocycles. The highest BCUT2D eigenvalue weighted by atomic mass is 32.1. The van der Waals surface area contributed by atoms with E-state index >= 15 is 0 Å². The van der Waals surface area contributed by atoms with Gasteiger partial charge in [0.15, 0.2) is 0 Å². The number of para-hydroxylation sites is 1. The van der Waals surface area contributed by atoms with Crippen molar-refractivity contribution in [3.8, 4) is 0 Å². The summed E-state index contributed by atoms with van der Waals surface area (Å²) in [4.78, 5) is 14.1. The summed E-state index contributed by atoms with van der Waals surface area (Å²) >= 11 is 5.00. The molecule has 0 aliphatic heterocycles. The zero-order chi connectivity index (χ0) is 12.6. The zero-order valence-corrected chi connectivity index (χ0v) is 10.8. The second-order valence-electron chi connectivity index (χ2n) is 4.60. The van der Waals surface area contributed by atoms with E-state index in [1.165, 1.54) is 0 Å². The van der Waals surface area contributed by atoms with Crippen LogP contribution in [0.25, 0.3) is 0 Å². The average Bonchev–Trinajstić information content (AvgIpc) is 3.04. The van der Waals surface area contributed by atoms with Gasteiger partial charge in [-0.05, 0) is 24.5 Å². The Bertz CT molecular complexity index is 472. The van der Waals surface area contributed by atoms with Crippen molar-refractivity contribution in [2.75, 3.05) is 11.9 Å². The van der Waals surface area contributed by atoms with E-state index in [2.05, 4.69) is 6.92 Å². The van der Waals surface area contributed by atoms with Crippen LogP contribution in [0.15, 0.2) is 24.3 Å². The summed E-state index contributed by atoms with van der Waals surface area (Å²) in [6.07, 6.45) is 0.985. The Labute approximate surface area is 107 Å². The maximum atomic E-state index is 12.1. The van der Waals surface area contributed by atoms with Crippen LogP contribution in [-0.4, -0.2) is 17.9 Å². The maximum absolute atomic E-state index is 12.1. The van der Waals surface area contributed by atoms with Crippen LogP contribution in [0.5, 0.6) is 0 Å². The summed E-state index contributed by atoms with van der Waals surface area (Å²) in [7, 11) is 1.78. The Morgan fingerprint density at radius 1 is 1.47 bits per heavy atom.